The van der Waals surface area contributed by atoms with E-state index in [0.717, 1.165) is 45.3 Å². The van der Waals surface area contributed by atoms with Gasteiger partial charge in [0.1, 0.15) is 0 Å². The number of likely N-dealkylation sites (tertiary alicyclic amines) is 1. The first-order chi connectivity index (χ1) is 11.8. The molecule has 0 bridgehead atoms. The van der Waals surface area contributed by atoms with Crippen LogP contribution < -0.4 is 5.32 Å². The van der Waals surface area contributed by atoms with Crippen molar-refractivity contribution in [2.45, 2.75) is 45.2 Å². The van der Waals surface area contributed by atoms with E-state index < -0.39 is 0 Å². The molecule has 4 rings (SSSR count). The molecule has 2 heterocycles. The van der Waals surface area contributed by atoms with Crippen LogP contribution in [-0.2, 0) is 11.3 Å². The van der Waals surface area contributed by atoms with Gasteiger partial charge in [0.15, 0.2) is 0 Å². The van der Waals surface area contributed by atoms with E-state index in [1.165, 1.54) is 15.6 Å². The molecule has 2 aliphatic rings. The van der Waals surface area contributed by atoms with Gasteiger partial charge in [-0.1, -0.05) is 31.5 Å². The zero-order valence-electron chi connectivity index (χ0n) is 14.3. The summed E-state index contributed by atoms with van der Waals surface area (Å²) in [5.74, 6) is 1.34. The summed E-state index contributed by atoms with van der Waals surface area (Å²) in [4.78, 5) is 14.5. The van der Waals surface area contributed by atoms with Crippen molar-refractivity contribution < 1.29 is 4.79 Å². The lowest BCUT2D eigenvalue weighted by molar-refractivity contribution is -0.134. The molecule has 1 aliphatic carbocycles. The first-order valence-electron chi connectivity index (χ1n) is 9.23. The molecule has 2 fully saturated rings. The molecule has 1 saturated carbocycles. The van der Waals surface area contributed by atoms with Gasteiger partial charge in [-0.3, -0.25) is 4.79 Å². The van der Waals surface area contributed by atoms with E-state index in [9.17, 15) is 4.79 Å². The Hall–Kier alpha value is -1.39. The Morgan fingerprint density at radius 1 is 1.29 bits per heavy atom. The number of hydrogen-bond donors (Lipinski definition) is 1. The summed E-state index contributed by atoms with van der Waals surface area (Å²) in [6.07, 6.45) is 4.44. The lowest BCUT2D eigenvalue weighted by Crippen LogP contribution is -2.51. The molecule has 2 atom stereocenters. The van der Waals surface area contributed by atoms with E-state index >= 15 is 0 Å². The van der Waals surface area contributed by atoms with Crippen LogP contribution in [0.2, 0.25) is 0 Å². The van der Waals surface area contributed by atoms with Gasteiger partial charge in [-0.25, -0.2) is 0 Å². The highest BCUT2D eigenvalue weighted by molar-refractivity contribution is 7.17. The Balaban J connectivity index is 1.38. The molecule has 0 radical (unpaired) electrons. The Kier molecular flexibility index (Phi) is 4.59. The van der Waals surface area contributed by atoms with E-state index in [1.807, 2.05) is 11.3 Å². The summed E-state index contributed by atoms with van der Waals surface area (Å²) >= 11 is 1.83. The van der Waals surface area contributed by atoms with E-state index in [-0.39, 0.29) is 0 Å². The zero-order chi connectivity index (χ0) is 16.5. The van der Waals surface area contributed by atoms with Crippen molar-refractivity contribution >= 4 is 27.3 Å². The van der Waals surface area contributed by atoms with Gasteiger partial charge >= 0.3 is 0 Å². The van der Waals surface area contributed by atoms with E-state index in [2.05, 4.69) is 46.8 Å². The quantitative estimate of drug-likeness (QED) is 0.890. The molecule has 1 aromatic heterocycles. The Morgan fingerprint density at radius 2 is 2.12 bits per heavy atom. The van der Waals surface area contributed by atoms with Crippen LogP contribution in [0.25, 0.3) is 10.1 Å². The maximum absolute atomic E-state index is 12.3. The molecule has 0 spiro atoms. The molecule has 128 valence electrons. The SMILES string of the molecule is CCC1CN(C(=O)C2CC2)CCC1NCc1csc2ccccc12. The van der Waals surface area contributed by atoms with Crippen molar-refractivity contribution in [1.82, 2.24) is 10.2 Å². The third-order valence-electron chi connectivity index (χ3n) is 5.61. The largest absolute Gasteiger partial charge is 0.342 e. The lowest BCUT2D eigenvalue weighted by atomic mass is 9.89. The number of nitrogens with zero attached hydrogens (tertiary/aromatic N) is 1. The number of thiophene rings is 1. The average molecular weight is 343 g/mol. The molecule has 4 heteroatoms. The Labute approximate surface area is 148 Å². The molecule has 1 saturated heterocycles. The summed E-state index contributed by atoms with van der Waals surface area (Å²) < 4.78 is 1.37. The summed E-state index contributed by atoms with van der Waals surface area (Å²) in [5.41, 5.74) is 1.40. The summed E-state index contributed by atoms with van der Waals surface area (Å²) in [6.45, 7) is 5.05. The van der Waals surface area contributed by atoms with Crippen LogP contribution in [0, 0.1) is 11.8 Å². The summed E-state index contributed by atoms with van der Waals surface area (Å²) in [6, 6.07) is 9.17. The van der Waals surface area contributed by atoms with Crippen molar-refractivity contribution in [1.29, 1.82) is 0 Å². The van der Waals surface area contributed by atoms with Crippen LogP contribution in [0.3, 0.4) is 0 Å². The number of hydrogen-bond acceptors (Lipinski definition) is 3. The Bertz CT molecular complexity index is 721. The van der Waals surface area contributed by atoms with Gasteiger partial charge in [-0.2, -0.15) is 0 Å². The second kappa shape index (κ2) is 6.85. The van der Waals surface area contributed by atoms with Crippen LogP contribution in [-0.4, -0.2) is 29.9 Å². The second-order valence-electron chi connectivity index (χ2n) is 7.26. The van der Waals surface area contributed by atoms with E-state index in [4.69, 9.17) is 0 Å². The third-order valence-corrected chi connectivity index (χ3v) is 6.62. The van der Waals surface area contributed by atoms with Crippen molar-refractivity contribution in [2.75, 3.05) is 13.1 Å². The topological polar surface area (TPSA) is 32.3 Å². The second-order valence-corrected chi connectivity index (χ2v) is 8.17. The normalized spacial score (nSPS) is 24.5. The highest BCUT2D eigenvalue weighted by Gasteiger charge is 2.37. The van der Waals surface area contributed by atoms with Crippen LogP contribution >= 0.6 is 11.3 Å². The monoisotopic (exact) mass is 342 g/mol. The maximum Gasteiger partial charge on any atom is 0.225 e. The van der Waals surface area contributed by atoms with E-state index in [1.54, 1.807) is 0 Å². The van der Waals surface area contributed by atoms with Gasteiger partial charge in [-0.05, 0) is 47.6 Å². The number of nitrogens with one attached hydrogen (secondary N) is 1. The van der Waals surface area contributed by atoms with Crippen molar-refractivity contribution in [3.05, 3.63) is 35.2 Å². The van der Waals surface area contributed by atoms with Crippen LogP contribution in [0.1, 0.15) is 38.2 Å². The molecule has 2 unspecified atom stereocenters. The number of carbonyl (C=O) groups is 1. The third kappa shape index (κ3) is 3.22. The van der Waals surface area contributed by atoms with Gasteiger partial charge in [0.05, 0.1) is 0 Å². The molecule has 1 amide bonds. The van der Waals surface area contributed by atoms with Gasteiger partial charge < -0.3 is 10.2 Å². The first-order valence-corrected chi connectivity index (χ1v) is 10.1. The van der Waals surface area contributed by atoms with Crippen molar-refractivity contribution in [2.24, 2.45) is 11.8 Å². The molecule has 24 heavy (non-hydrogen) atoms. The maximum atomic E-state index is 12.3. The van der Waals surface area contributed by atoms with Crippen LogP contribution in [0.15, 0.2) is 29.6 Å². The molecule has 1 aliphatic heterocycles. The smallest absolute Gasteiger partial charge is 0.225 e. The standard InChI is InChI=1S/C20H26N2OS/c1-2-14-12-22(20(23)15-7-8-15)10-9-18(14)21-11-16-13-24-19-6-4-3-5-17(16)19/h3-6,13-15,18,21H,2,7-12H2,1H3. The predicted molar refractivity (Wildman–Crippen MR) is 100 cm³/mol. The molecule has 3 nitrogen and oxygen atoms in total. The van der Waals surface area contributed by atoms with Gasteiger partial charge in [0, 0.05) is 36.3 Å². The zero-order valence-corrected chi connectivity index (χ0v) is 15.1. The number of amides is 1. The van der Waals surface area contributed by atoms with Gasteiger partial charge in [0.25, 0.3) is 0 Å². The number of fused-ring (bicyclic) bond motifs is 1. The number of piperidine rings is 1. The fourth-order valence-corrected chi connectivity index (χ4v) is 4.88. The van der Waals surface area contributed by atoms with E-state index in [0.29, 0.717) is 23.8 Å². The summed E-state index contributed by atoms with van der Waals surface area (Å²) in [7, 11) is 0. The van der Waals surface area contributed by atoms with Crippen molar-refractivity contribution in [3.63, 3.8) is 0 Å². The summed E-state index contributed by atoms with van der Waals surface area (Å²) in [5, 5.41) is 7.45. The van der Waals surface area contributed by atoms with Crippen LogP contribution in [0.4, 0.5) is 0 Å². The number of carbonyl (C=O) groups excluding carboxylic acids is 1. The van der Waals surface area contributed by atoms with Gasteiger partial charge in [0.2, 0.25) is 5.91 Å². The van der Waals surface area contributed by atoms with Gasteiger partial charge in [-0.15, -0.1) is 11.3 Å². The highest BCUT2D eigenvalue weighted by atomic mass is 32.1. The fraction of sp³-hybridized carbons (Fsp3) is 0.550. The minimum absolute atomic E-state index is 0.351. The predicted octanol–water partition coefficient (Wildman–Crippen LogP) is 4.03. The highest BCUT2D eigenvalue weighted by Crippen LogP contribution is 2.33. The minimum Gasteiger partial charge on any atom is -0.342 e. The molecule has 1 N–H and O–H groups in total. The first kappa shape index (κ1) is 16.1. The minimum atomic E-state index is 0.351. The number of rotatable bonds is 5. The Morgan fingerprint density at radius 3 is 2.92 bits per heavy atom. The van der Waals surface area contributed by atoms with Crippen molar-refractivity contribution in [3.8, 4) is 0 Å². The number of benzene rings is 1. The molecular formula is C20H26N2OS. The molecular weight excluding hydrogens is 316 g/mol. The average Bonchev–Trinajstić information content (AvgIpc) is 3.40. The molecule has 2 aromatic rings. The molecule has 1 aromatic carbocycles. The van der Waals surface area contributed by atoms with Crippen LogP contribution in [0.5, 0.6) is 0 Å². The lowest BCUT2D eigenvalue weighted by Gasteiger charge is -2.39. The fourth-order valence-electron chi connectivity index (χ4n) is 3.91.